The summed E-state index contributed by atoms with van der Waals surface area (Å²) in [5.74, 6) is 0.0718. The highest BCUT2D eigenvalue weighted by Gasteiger charge is 2.37. The lowest BCUT2D eigenvalue weighted by molar-refractivity contribution is -0.138. The predicted molar refractivity (Wildman–Crippen MR) is 95.3 cm³/mol. The molecule has 1 aliphatic rings. The lowest BCUT2D eigenvalue weighted by Crippen LogP contribution is -2.34. The average molecular weight is 411 g/mol. The monoisotopic (exact) mass is 411 g/mol. The standard InChI is InChI=1S/C12H24BIN3O2P/c1-16(2)7-3-5-15-6-4-8-17-11(18)9-10(12(17)19)20-13-14/h10,13,15,20H,3-9H2,1-2H3. The highest BCUT2D eigenvalue weighted by atomic mass is 127. The number of carbonyl (C=O) groups is 2. The van der Waals surface area contributed by atoms with Gasteiger partial charge >= 0.3 is 0 Å². The van der Waals surface area contributed by atoms with Gasteiger partial charge in [-0.15, -0.1) is 30.8 Å². The summed E-state index contributed by atoms with van der Waals surface area (Å²) in [6, 6.07) is 0. The summed E-state index contributed by atoms with van der Waals surface area (Å²) in [6.45, 7) is 3.50. The molecule has 2 amide bonds. The Balaban J connectivity index is 2.12. The molecule has 2 unspecified atom stereocenters. The van der Waals surface area contributed by atoms with Crippen molar-refractivity contribution >= 4 is 47.5 Å². The van der Waals surface area contributed by atoms with Crippen LogP contribution in [0.4, 0.5) is 0 Å². The molecule has 0 bridgehead atoms. The van der Waals surface area contributed by atoms with Crippen molar-refractivity contribution in [2.75, 3.05) is 40.3 Å². The van der Waals surface area contributed by atoms with Crippen LogP contribution in [-0.4, -0.2) is 72.4 Å². The number of rotatable bonds is 10. The Morgan fingerprint density at radius 3 is 2.75 bits per heavy atom. The first kappa shape index (κ1) is 18.3. The summed E-state index contributed by atoms with van der Waals surface area (Å²) in [4.78, 5) is 28.4. The van der Waals surface area contributed by atoms with Gasteiger partial charge in [0.1, 0.15) is 0 Å². The Kier molecular flexibility index (Phi) is 9.25. The van der Waals surface area contributed by atoms with Gasteiger partial charge in [0.15, 0.2) is 0 Å². The molecule has 1 heterocycles. The van der Waals surface area contributed by atoms with Crippen molar-refractivity contribution in [1.29, 1.82) is 0 Å². The maximum Gasteiger partial charge on any atom is 0.236 e. The Bertz CT molecular complexity index is 334. The van der Waals surface area contributed by atoms with Crippen LogP contribution >= 0.6 is 30.8 Å². The van der Waals surface area contributed by atoms with E-state index in [1.54, 1.807) is 0 Å². The maximum atomic E-state index is 12.0. The van der Waals surface area contributed by atoms with Gasteiger partial charge in [0.2, 0.25) is 16.7 Å². The highest BCUT2D eigenvalue weighted by Crippen LogP contribution is 2.30. The maximum absolute atomic E-state index is 12.0. The van der Waals surface area contributed by atoms with Crippen molar-refractivity contribution in [3.8, 4) is 0 Å². The van der Waals surface area contributed by atoms with E-state index in [0.29, 0.717) is 21.4 Å². The van der Waals surface area contributed by atoms with Gasteiger partial charge in [-0.25, -0.2) is 0 Å². The number of halogens is 1. The number of nitrogens with zero attached hydrogens (tertiary/aromatic N) is 2. The predicted octanol–water partition coefficient (Wildman–Crippen LogP) is 0.425. The van der Waals surface area contributed by atoms with Crippen LogP contribution in [0.3, 0.4) is 0 Å². The molecule has 1 saturated heterocycles. The molecule has 0 radical (unpaired) electrons. The third kappa shape index (κ3) is 6.37. The van der Waals surface area contributed by atoms with Gasteiger partial charge in [0, 0.05) is 13.0 Å². The normalized spacial score (nSPS) is 19.8. The van der Waals surface area contributed by atoms with Crippen LogP contribution in [0.2, 0.25) is 0 Å². The smallest absolute Gasteiger partial charge is 0.236 e. The van der Waals surface area contributed by atoms with Gasteiger partial charge in [-0.05, 0) is 46.6 Å². The van der Waals surface area contributed by atoms with Crippen LogP contribution in [-0.2, 0) is 9.59 Å². The van der Waals surface area contributed by atoms with Crippen molar-refractivity contribution in [3.05, 3.63) is 0 Å². The van der Waals surface area contributed by atoms with Gasteiger partial charge in [0.25, 0.3) is 0 Å². The summed E-state index contributed by atoms with van der Waals surface area (Å²) in [5, 5.41) is 3.36. The molecule has 0 aromatic rings. The number of likely N-dealkylation sites (tertiary alicyclic amines) is 1. The molecule has 0 aromatic heterocycles. The number of hydrogen-bond donors (Lipinski definition) is 1. The number of hydrogen-bond acceptors (Lipinski definition) is 4. The van der Waals surface area contributed by atoms with Crippen molar-refractivity contribution in [2.45, 2.75) is 24.9 Å². The third-order valence-electron chi connectivity index (χ3n) is 3.26. The molecular weight excluding hydrogens is 387 g/mol. The van der Waals surface area contributed by atoms with E-state index in [1.807, 2.05) is 0 Å². The molecule has 114 valence electrons. The molecule has 20 heavy (non-hydrogen) atoms. The van der Waals surface area contributed by atoms with E-state index in [4.69, 9.17) is 0 Å². The number of imide groups is 1. The minimum atomic E-state index is -0.0348. The third-order valence-corrected chi connectivity index (χ3v) is 5.68. The Morgan fingerprint density at radius 1 is 1.40 bits per heavy atom. The highest BCUT2D eigenvalue weighted by molar-refractivity contribution is 14.1. The molecular formula is C12H24BIN3O2P. The van der Waals surface area contributed by atoms with Gasteiger partial charge < -0.3 is 10.2 Å². The second kappa shape index (κ2) is 10.1. The van der Waals surface area contributed by atoms with Crippen molar-refractivity contribution in [3.63, 3.8) is 0 Å². The van der Waals surface area contributed by atoms with Gasteiger partial charge in [-0.3, -0.25) is 14.5 Å². The fraction of sp³-hybridized carbons (Fsp3) is 0.833. The molecule has 1 rings (SSSR count). The summed E-state index contributed by atoms with van der Waals surface area (Å²) in [6.07, 6.45) is 2.39. The van der Waals surface area contributed by atoms with Crippen molar-refractivity contribution in [1.82, 2.24) is 15.1 Å². The van der Waals surface area contributed by atoms with Crippen molar-refractivity contribution < 1.29 is 9.59 Å². The van der Waals surface area contributed by atoms with Crippen LogP contribution in [0.25, 0.3) is 0 Å². The first-order chi connectivity index (χ1) is 9.56. The SMILES string of the molecule is CN(C)CCCNCCCN1C(=O)CC(PBI)C1=O. The largest absolute Gasteiger partial charge is 0.317 e. The molecule has 0 saturated carbocycles. The quantitative estimate of drug-likeness (QED) is 0.186. The summed E-state index contributed by atoms with van der Waals surface area (Å²) < 4.78 is 0. The zero-order valence-corrected chi connectivity index (χ0v) is 15.5. The fourth-order valence-corrected chi connectivity index (χ4v) is 4.61. The summed E-state index contributed by atoms with van der Waals surface area (Å²) in [5.41, 5.74) is -0.0348. The molecule has 2 atom stereocenters. The minimum Gasteiger partial charge on any atom is -0.317 e. The van der Waals surface area contributed by atoms with Crippen LogP contribution in [0, 0.1) is 0 Å². The van der Waals surface area contributed by atoms with E-state index in [1.165, 1.54) is 4.90 Å². The van der Waals surface area contributed by atoms with Gasteiger partial charge in [-0.1, -0.05) is 0 Å². The van der Waals surface area contributed by atoms with E-state index >= 15 is 0 Å². The zero-order valence-electron chi connectivity index (χ0n) is 12.3. The summed E-state index contributed by atoms with van der Waals surface area (Å²) >= 11 is 2.27. The Labute approximate surface area is 137 Å². The van der Waals surface area contributed by atoms with Gasteiger partial charge in [-0.2, -0.15) is 0 Å². The molecule has 1 aliphatic heterocycles. The van der Waals surface area contributed by atoms with E-state index in [-0.39, 0.29) is 17.5 Å². The Hall–Kier alpha value is 0.285. The molecule has 0 aromatic carbocycles. The van der Waals surface area contributed by atoms with Gasteiger partial charge in [0.05, 0.1) is 5.66 Å². The topological polar surface area (TPSA) is 52.6 Å². The molecule has 0 spiro atoms. The van der Waals surface area contributed by atoms with E-state index in [2.05, 4.69) is 46.7 Å². The van der Waals surface area contributed by atoms with E-state index in [0.717, 1.165) is 37.3 Å². The lowest BCUT2D eigenvalue weighted by atomic mass is 10.3. The van der Waals surface area contributed by atoms with Crippen LogP contribution < -0.4 is 5.32 Å². The number of amides is 2. The average Bonchev–Trinajstić information content (AvgIpc) is 2.65. The minimum absolute atomic E-state index is 0.0185. The second-order valence-electron chi connectivity index (χ2n) is 5.24. The first-order valence-electron chi connectivity index (χ1n) is 7.05. The zero-order chi connectivity index (χ0) is 15.0. The molecule has 1 N–H and O–H groups in total. The number of nitrogens with one attached hydrogen (secondary N) is 1. The number of carbonyl (C=O) groups excluding carboxylic acids is 2. The first-order valence-corrected chi connectivity index (χ1v) is 9.86. The van der Waals surface area contributed by atoms with E-state index in [9.17, 15) is 9.59 Å². The molecule has 1 fully saturated rings. The van der Waals surface area contributed by atoms with E-state index < -0.39 is 0 Å². The molecule has 8 heteroatoms. The Morgan fingerprint density at radius 2 is 2.10 bits per heavy atom. The van der Waals surface area contributed by atoms with Crippen molar-refractivity contribution in [2.24, 2.45) is 0 Å². The van der Waals surface area contributed by atoms with Crippen LogP contribution in [0.5, 0.6) is 0 Å². The second-order valence-corrected chi connectivity index (χ2v) is 8.90. The fourth-order valence-electron chi connectivity index (χ4n) is 2.18. The molecule has 5 nitrogen and oxygen atoms in total. The molecule has 0 aliphatic carbocycles. The summed E-state index contributed by atoms with van der Waals surface area (Å²) in [7, 11) is 4.71. The van der Waals surface area contributed by atoms with Crippen LogP contribution in [0.15, 0.2) is 0 Å². The lowest BCUT2D eigenvalue weighted by Gasteiger charge is -2.15. The van der Waals surface area contributed by atoms with Crippen LogP contribution in [0.1, 0.15) is 19.3 Å².